The second kappa shape index (κ2) is 6.32. The maximum Gasteiger partial charge on any atom is 0.124 e. The summed E-state index contributed by atoms with van der Waals surface area (Å²) in [5.41, 5.74) is 7.38. The third-order valence-electron chi connectivity index (χ3n) is 4.76. The molecule has 2 unspecified atom stereocenters. The van der Waals surface area contributed by atoms with Crippen LogP contribution in [0.25, 0.3) is 0 Å². The molecule has 3 nitrogen and oxygen atoms in total. The van der Waals surface area contributed by atoms with Gasteiger partial charge in [-0.3, -0.25) is 0 Å². The van der Waals surface area contributed by atoms with Gasteiger partial charge in [0.15, 0.2) is 0 Å². The first-order chi connectivity index (χ1) is 10.1. The minimum Gasteiger partial charge on any atom is -0.381 e. The van der Waals surface area contributed by atoms with Gasteiger partial charge in [-0.1, -0.05) is 22.0 Å². The Hall–Kier alpha value is -0.490. The molecule has 0 saturated carbocycles. The molecule has 2 aliphatic heterocycles. The Morgan fingerprint density at radius 2 is 2.05 bits per heavy atom. The fourth-order valence-corrected chi connectivity index (χ4v) is 4.10. The molecule has 21 heavy (non-hydrogen) atoms. The van der Waals surface area contributed by atoms with Gasteiger partial charge in [-0.25, -0.2) is 4.39 Å². The third kappa shape index (κ3) is 3.31. The van der Waals surface area contributed by atoms with E-state index in [1.807, 2.05) is 0 Å². The van der Waals surface area contributed by atoms with Crippen LogP contribution in [0.3, 0.4) is 0 Å². The zero-order valence-corrected chi connectivity index (χ0v) is 13.6. The lowest BCUT2D eigenvalue weighted by atomic mass is 9.76. The van der Waals surface area contributed by atoms with Gasteiger partial charge in [-0.05, 0) is 49.3 Å². The zero-order chi connectivity index (χ0) is 14.9. The number of hydrogen-bond donors (Lipinski definition) is 1. The molecule has 2 N–H and O–H groups in total. The fourth-order valence-electron chi connectivity index (χ4n) is 3.49. The van der Waals surface area contributed by atoms with Gasteiger partial charge in [0.2, 0.25) is 0 Å². The molecule has 0 aliphatic carbocycles. The molecule has 0 radical (unpaired) electrons. The lowest BCUT2D eigenvalue weighted by molar-refractivity contribution is -0.149. The lowest BCUT2D eigenvalue weighted by Crippen LogP contribution is -2.46. The van der Waals surface area contributed by atoms with Gasteiger partial charge < -0.3 is 15.2 Å². The highest BCUT2D eigenvalue weighted by atomic mass is 79.9. The summed E-state index contributed by atoms with van der Waals surface area (Å²) in [5.74, 6) is 0.115. The van der Waals surface area contributed by atoms with Gasteiger partial charge in [0.05, 0.1) is 5.60 Å². The second-order valence-electron chi connectivity index (χ2n) is 6.09. The average Bonchev–Trinajstić information content (AvgIpc) is 2.47. The Kier molecular flexibility index (Phi) is 4.64. The highest BCUT2D eigenvalue weighted by Gasteiger charge is 2.41. The van der Waals surface area contributed by atoms with Crippen molar-refractivity contribution in [3.05, 3.63) is 34.1 Å². The molecule has 3 rings (SSSR count). The molecule has 1 aromatic carbocycles. The molecule has 5 heteroatoms. The Bertz CT molecular complexity index is 500. The van der Waals surface area contributed by atoms with Gasteiger partial charge in [0, 0.05) is 30.3 Å². The van der Waals surface area contributed by atoms with Crippen LogP contribution in [0.5, 0.6) is 0 Å². The van der Waals surface area contributed by atoms with Crippen molar-refractivity contribution < 1.29 is 13.9 Å². The first-order valence-corrected chi connectivity index (χ1v) is 8.31. The molecular weight excluding hydrogens is 337 g/mol. The lowest BCUT2D eigenvalue weighted by Gasteiger charge is -2.44. The molecule has 2 heterocycles. The molecule has 1 aromatic rings. The van der Waals surface area contributed by atoms with Crippen LogP contribution in [-0.4, -0.2) is 25.4 Å². The molecule has 116 valence electrons. The predicted octanol–water partition coefficient (Wildman–Crippen LogP) is 3.56. The maximum absolute atomic E-state index is 13.2. The van der Waals surface area contributed by atoms with Gasteiger partial charge in [-0.2, -0.15) is 0 Å². The summed E-state index contributed by atoms with van der Waals surface area (Å²) in [5, 5.41) is 0. The number of ether oxygens (including phenoxy) is 2. The van der Waals surface area contributed by atoms with E-state index in [9.17, 15) is 4.39 Å². The van der Waals surface area contributed by atoms with E-state index in [1.54, 1.807) is 6.07 Å². The molecule has 2 fully saturated rings. The van der Waals surface area contributed by atoms with Crippen LogP contribution in [0.1, 0.15) is 37.3 Å². The topological polar surface area (TPSA) is 44.5 Å². The monoisotopic (exact) mass is 357 g/mol. The van der Waals surface area contributed by atoms with E-state index >= 15 is 0 Å². The summed E-state index contributed by atoms with van der Waals surface area (Å²) in [6.07, 6.45) is 3.80. The molecule has 1 spiro atoms. The van der Waals surface area contributed by atoms with Gasteiger partial charge in [0.1, 0.15) is 5.82 Å². The standard InChI is InChI=1S/C16H21BrFNO2/c17-14-9-12(18)1-2-13(14)15(19)11-3-6-21-16(10-11)4-7-20-8-5-16/h1-2,9,11,15H,3-8,10,19H2. The maximum atomic E-state index is 13.2. The molecule has 0 amide bonds. The number of nitrogens with two attached hydrogens (primary N) is 1. The van der Waals surface area contributed by atoms with Gasteiger partial charge in [-0.15, -0.1) is 0 Å². The average molecular weight is 358 g/mol. The summed E-state index contributed by atoms with van der Waals surface area (Å²) in [7, 11) is 0. The van der Waals surface area contributed by atoms with Crippen LogP contribution in [-0.2, 0) is 9.47 Å². The third-order valence-corrected chi connectivity index (χ3v) is 5.45. The van der Waals surface area contributed by atoms with E-state index in [0.29, 0.717) is 5.92 Å². The van der Waals surface area contributed by atoms with Crippen LogP contribution < -0.4 is 5.73 Å². The van der Waals surface area contributed by atoms with Crippen LogP contribution in [0, 0.1) is 11.7 Å². The van der Waals surface area contributed by atoms with Crippen molar-refractivity contribution in [2.45, 2.75) is 37.3 Å². The summed E-state index contributed by atoms with van der Waals surface area (Å²) in [6, 6.07) is 4.65. The normalized spacial score (nSPS) is 26.7. The van der Waals surface area contributed by atoms with Crippen molar-refractivity contribution in [1.29, 1.82) is 0 Å². The van der Waals surface area contributed by atoms with E-state index < -0.39 is 0 Å². The van der Waals surface area contributed by atoms with Crippen molar-refractivity contribution in [2.24, 2.45) is 11.7 Å². The van der Waals surface area contributed by atoms with Crippen molar-refractivity contribution >= 4 is 15.9 Å². The molecular formula is C16H21BrFNO2. The Labute approximate surface area is 133 Å². The Morgan fingerprint density at radius 3 is 2.76 bits per heavy atom. The second-order valence-corrected chi connectivity index (χ2v) is 6.94. The van der Waals surface area contributed by atoms with E-state index in [1.165, 1.54) is 12.1 Å². The van der Waals surface area contributed by atoms with E-state index in [0.717, 1.165) is 55.5 Å². The highest BCUT2D eigenvalue weighted by Crippen LogP contribution is 2.42. The summed E-state index contributed by atoms with van der Waals surface area (Å²) >= 11 is 3.43. The number of rotatable bonds is 2. The van der Waals surface area contributed by atoms with Crippen molar-refractivity contribution in [3.63, 3.8) is 0 Å². The molecule has 2 atom stereocenters. The molecule has 0 aromatic heterocycles. The Morgan fingerprint density at radius 1 is 1.29 bits per heavy atom. The molecule has 2 aliphatic rings. The van der Waals surface area contributed by atoms with Crippen LogP contribution in [0.4, 0.5) is 4.39 Å². The van der Waals surface area contributed by atoms with Gasteiger partial charge >= 0.3 is 0 Å². The minimum absolute atomic E-state index is 0.0642. The van der Waals surface area contributed by atoms with Gasteiger partial charge in [0.25, 0.3) is 0 Å². The predicted molar refractivity (Wildman–Crippen MR) is 82.5 cm³/mol. The fraction of sp³-hybridized carbons (Fsp3) is 0.625. The van der Waals surface area contributed by atoms with E-state index in [2.05, 4.69) is 15.9 Å². The Balaban J connectivity index is 1.76. The van der Waals surface area contributed by atoms with Crippen molar-refractivity contribution in [2.75, 3.05) is 19.8 Å². The van der Waals surface area contributed by atoms with E-state index in [4.69, 9.17) is 15.2 Å². The van der Waals surface area contributed by atoms with Crippen molar-refractivity contribution in [3.8, 4) is 0 Å². The summed E-state index contributed by atoms with van der Waals surface area (Å²) in [6.45, 7) is 2.28. The van der Waals surface area contributed by atoms with Crippen LogP contribution in [0.2, 0.25) is 0 Å². The zero-order valence-electron chi connectivity index (χ0n) is 12.0. The smallest absolute Gasteiger partial charge is 0.124 e. The minimum atomic E-state index is -0.245. The number of benzene rings is 1. The van der Waals surface area contributed by atoms with Crippen molar-refractivity contribution in [1.82, 2.24) is 0 Å². The molecule has 0 bridgehead atoms. The first kappa shape index (κ1) is 15.4. The number of hydrogen-bond acceptors (Lipinski definition) is 3. The molecule has 2 saturated heterocycles. The summed E-state index contributed by atoms with van der Waals surface area (Å²) in [4.78, 5) is 0. The van der Waals surface area contributed by atoms with Crippen LogP contribution >= 0.6 is 15.9 Å². The van der Waals surface area contributed by atoms with Crippen LogP contribution in [0.15, 0.2) is 22.7 Å². The number of halogens is 2. The van der Waals surface area contributed by atoms with E-state index in [-0.39, 0.29) is 17.5 Å². The summed E-state index contributed by atoms with van der Waals surface area (Å²) < 4.78 is 25.5. The SMILES string of the molecule is NC(c1ccc(F)cc1Br)C1CCOC2(CCOCC2)C1. The highest BCUT2D eigenvalue weighted by molar-refractivity contribution is 9.10. The quantitative estimate of drug-likeness (QED) is 0.879. The largest absolute Gasteiger partial charge is 0.381 e. The first-order valence-electron chi connectivity index (χ1n) is 7.52.